The van der Waals surface area contributed by atoms with E-state index in [4.69, 9.17) is 0 Å². The second-order valence-electron chi connectivity index (χ2n) is 5.53. The van der Waals surface area contributed by atoms with Crippen molar-refractivity contribution in [2.24, 2.45) is 0 Å². The Morgan fingerprint density at radius 3 is 2.15 bits per heavy atom. The van der Waals surface area contributed by atoms with Crippen LogP contribution in [0.4, 0.5) is 4.79 Å². The summed E-state index contributed by atoms with van der Waals surface area (Å²) in [5.74, 6) is 0. The Morgan fingerprint density at radius 1 is 1.10 bits per heavy atom. The molecule has 2 saturated heterocycles. The van der Waals surface area contributed by atoms with E-state index in [1.165, 1.54) is 4.90 Å². The fraction of sp³-hybridized carbons (Fsp3) is 0.500. The van der Waals surface area contributed by atoms with Crippen LogP contribution >= 0.6 is 0 Å². The third kappa shape index (κ3) is 2.08. The van der Waals surface area contributed by atoms with Crippen molar-refractivity contribution in [3.8, 4) is 0 Å². The largest absolute Gasteiger partial charge is 0.465 e. The molecule has 108 valence electrons. The fourth-order valence-corrected chi connectivity index (χ4v) is 5.37. The summed E-state index contributed by atoms with van der Waals surface area (Å²) in [6.07, 6.45) is 1.46. The molecule has 0 aliphatic carbocycles. The molecule has 0 spiro atoms. The second-order valence-corrected chi connectivity index (χ2v) is 7.75. The predicted octanol–water partition coefficient (Wildman–Crippen LogP) is 2.13. The topological polar surface area (TPSA) is 74.7 Å². The maximum Gasteiger partial charge on any atom is 0.407 e. The first-order valence-corrected chi connectivity index (χ1v) is 8.35. The molecule has 0 saturated carbocycles. The number of carboxylic acid groups (broad SMARTS) is 1. The van der Waals surface area contributed by atoms with E-state index in [2.05, 4.69) is 0 Å². The average molecular weight is 295 g/mol. The molecule has 2 aliphatic heterocycles. The molecule has 2 bridgehead atoms. The predicted molar refractivity (Wildman–Crippen MR) is 73.3 cm³/mol. The molecule has 2 aliphatic rings. The Labute approximate surface area is 118 Å². The molecule has 5 nitrogen and oxygen atoms in total. The van der Waals surface area contributed by atoms with Gasteiger partial charge in [-0.25, -0.2) is 13.2 Å². The van der Waals surface area contributed by atoms with Crippen molar-refractivity contribution in [2.75, 3.05) is 0 Å². The molecule has 20 heavy (non-hydrogen) atoms. The molecule has 6 heteroatoms. The van der Waals surface area contributed by atoms with Gasteiger partial charge in [0.05, 0.1) is 10.1 Å². The first kappa shape index (κ1) is 13.4. The Kier molecular flexibility index (Phi) is 3.20. The van der Waals surface area contributed by atoms with Crippen LogP contribution in [0.15, 0.2) is 35.2 Å². The quantitative estimate of drug-likeness (QED) is 0.907. The molecule has 2 heterocycles. The summed E-state index contributed by atoms with van der Waals surface area (Å²) in [4.78, 5) is 13.0. The number of fused-ring (bicyclic) bond motifs is 2. The Bertz CT molecular complexity index is 599. The summed E-state index contributed by atoms with van der Waals surface area (Å²) in [7, 11) is -3.36. The van der Waals surface area contributed by atoms with Gasteiger partial charge < -0.3 is 10.0 Å². The smallest absolute Gasteiger partial charge is 0.407 e. The summed E-state index contributed by atoms with van der Waals surface area (Å²) in [5.41, 5.74) is 0. The molecule has 3 atom stereocenters. The standard InChI is InChI=1S/C14H17NO4S/c16-14(17)15-10-6-7-11(15)9-13(8-10)20(18,19)12-4-2-1-3-5-12/h1-5,10-11,13H,6-9H2,(H,16,17)/t10-,11+,13+. The van der Waals surface area contributed by atoms with Gasteiger partial charge in [-0.15, -0.1) is 0 Å². The lowest BCUT2D eigenvalue weighted by atomic mass is 10.0. The lowest BCUT2D eigenvalue weighted by molar-refractivity contribution is 0.103. The Morgan fingerprint density at radius 2 is 1.65 bits per heavy atom. The van der Waals surface area contributed by atoms with E-state index < -0.39 is 21.2 Å². The van der Waals surface area contributed by atoms with E-state index in [0.29, 0.717) is 17.7 Å². The molecule has 2 fully saturated rings. The Balaban J connectivity index is 1.86. The van der Waals surface area contributed by atoms with Crippen LogP contribution in [-0.2, 0) is 9.84 Å². The van der Waals surface area contributed by atoms with Crippen LogP contribution in [0.5, 0.6) is 0 Å². The van der Waals surface area contributed by atoms with E-state index in [-0.39, 0.29) is 12.1 Å². The molecule has 0 unspecified atom stereocenters. The molecule has 0 radical (unpaired) electrons. The lowest BCUT2D eigenvalue weighted by Crippen LogP contribution is -2.49. The van der Waals surface area contributed by atoms with Gasteiger partial charge in [0, 0.05) is 12.1 Å². The van der Waals surface area contributed by atoms with E-state index in [0.717, 1.165) is 12.8 Å². The van der Waals surface area contributed by atoms with Crippen LogP contribution in [0.2, 0.25) is 0 Å². The first-order valence-electron chi connectivity index (χ1n) is 6.80. The normalized spacial score (nSPS) is 29.4. The van der Waals surface area contributed by atoms with Gasteiger partial charge in [-0.3, -0.25) is 0 Å². The Hall–Kier alpha value is -1.56. The van der Waals surface area contributed by atoms with Crippen molar-refractivity contribution >= 4 is 15.9 Å². The van der Waals surface area contributed by atoms with Crippen molar-refractivity contribution in [3.63, 3.8) is 0 Å². The molecule has 3 rings (SSSR count). The number of sulfone groups is 1. The number of piperidine rings is 1. The highest BCUT2D eigenvalue weighted by Gasteiger charge is 2.47. The van der Waals surface area contributed by atoms with Crippen LogP contribution in [0.25, 0.3) is 0 Å². The van der Waals surface area contributed by atoms with Gasteiger partial charge in [0.25, 0.3) is 0 Å². The average Bonchev–Trinajstić information content (AvgIpc) is 2.70. The highest BCUT2D eigenvalue weighted by molar-refractivity contribution is 7.92. The highest BCUT2D eigenvalue weighted by atomic mass is 32.2. The van der Waals surface area contributed by atoms with Crippen LogP contribution < -0.4 is 0 Å². The number of hydrogen-bond acceptors (Lipinski definition) is 3. The number of benzene rings is 1. The number of hydrogen-bond donors (Lipinski definition) is 1. The molecule has 1 N–H and O–H groups in total. The minimum absolute atomic E-state index is 0.144. The van der Waals surface area contributed by atoms with Gasteiger partial charge in [-0.2, -0.15) is 0 Å². The van der Waals surface area contributed by atoms with Crippen molar-refractivity contribution < 1.29 is 18.3 Å². The minimum atomic E-state index is -3.36. The zero-order valence-electron chi connectivity index (χ0n) is 11.0. The SMILES string of the molecule is O=C(O)N1[C@@H]2CC[C@H]1C[C@@H](S(=O)(=O)c1ccccc1)C2. The van der Waals surface area contributed by atoms with Gasteiger partial charge in [-0.05, 0) is 37.8 Å². The van der Waals surface area contributed by atoms with Crippen LogP contribution in [0.3, 0.4) is 0 Å². The summed E-state index contributed by atoms with van der Waals surface area (Å²) in [6.45, 7) is 0. The van der Waals surface area contributed by atoms with Crippen molar-refractivity contribution in [1.29, 1.82) is 0 Å². The van der Waals surface area contributed by atoms with Crippen LogP contribution in [0.1, 0.15) is 25.7 Å². The zero-order valence-corrected chi connectivity index (χ0v) is 11.8. The third-order valence-corrected chi connectivity index (χ3v) is 6.61. The van der Waals surface area contributed by atoms with E-state index in [1.807, 2.05) is 0 Å². The monoisotopic (exact) mass is 295 g/mol. The molecule has 1 aromatic carbocycles. The van der Waals surface area contributed by atoms with Gasteiger partial charge in [0.2, 0.25) is 0 Å². The minimum Gasteiger partial charge on any atom is -0.465 e. The first-order chi connectivity index (χ1) is 9.50. The summed E-state index contributed by atoms with van der Waals surface area (Å²) in [5, 5.41) is 8.74. The fourth-order valence-electron chi connectivity index (χ4n) is 3.50. The van der Waals surface area contributed by atoms with Crippen molar-refractivity contribution in [3.05, 3.63) is 30.3 Å². The molecular formula is C14H17NO4S. The van der Waals surface area contributed by atoms with E-state index in [1.54, 1.807) is 30.3 Å². The molecular weight excluding hydrogens is 278 g/mol. The van der Waals surface area contributed by atoms with Gasteiger partial charge in [0.15, 0.2) is 9.84 Å². The van der Waals surface area contributed by atoms with Crippen molar-refractivity contribution in [2.45, 2.75) is 47.9 Å². The summed E-state index contributed by atoms with van der Waals surface area (Å²) in [6, 6.07) is 8.16. The summed E-state index contributed by atoms with van der Waals surface area (Å²) >= 11 is 0. The third-order valence-electron chi connectivity index (χ3n) is 4.42. The van der Waals surface area contributed by atoms with E-state index in [9.17, 15) is 18.3 Å². The summed E-state index contributed by atoms with van der Waals surface area (Å²) < 4.78 is 25.2. The van der Waals surface area contributed by atoms with Gasteiger partial charge >= 0.3 is 6.09 Å². The molecule has 0 aromatic heterocycles. The van der Waals surface area contributed by atoms with Gasteiger partial charge in [0.1, 0.15) is 0 Å². The lowest BCUT2D eigenvalue weighted by Gasteiger charge is -2.36. The maximum atomic E-state index is 12.6. The number of carbonyl (C=O) groups is 1. The van der Waals surface area contributed by atoms with Crippen LogP contribution in [-0.4, -0.2) is 41.9 Å². The molecule has 1 amide bonds. The zero-order chi connectivity index (χ0) is 14.3. The second kappa shape index (κ2) is 4.77. The van der Waals surface area contributed by atoms with Gasteiger partial charge in [-0.1, -0.05) is 18.2 Å². The van der Waals surface area contributed by atoms with E-state index >= 15 is 0 Å². The maximum absolute atomic E-state index is 12.6. The number of nitrogens with zero attached hydrogens (tertiary/aromatic N) is 1. The number of rotatable bonds is 2. The number of amides is 1. The molecule has 1 aromatic rings. The van der Waals surface area contributed by atoms with Crippen LogP contribution in [0, 0.1) is 0 Å². The van der Waals surface area contributed by atoms with Crippen molar-refractivity contribution in [1.82, 2.24) is 4.90 Å². The highest BCUT2D eigenvalue weighted by Crippen LogP contribution is 2.39.